The minimum absolute atomic E-state index is 0.239. The van der Waals surface area contributed by atoms with Gasteiger partial charge in [0.05, 0.1) is 16.8 Å². The number of anilines is 1. The lowest BCUT2D eigenvalue weighted by Gasteiger charge is -2.29. The van der Waals surface area contributed by atoms with E-state index in [2.05, 4.69) is 16.0 Å². The number of hydrogen-bond donors (Lipinski definition) is 1. The van der Waals surface area contributed by atoms with Crippen LogP contribution in [0.4, 0.5) is 5.69 Å². The van der Waals surface area contributed by atoms with Gasteiger partial charge in [-0.2, -0.15) is 0 Å². The third kappa shape index (κ3) is 2.26. The number of para-hydroxylation sites is 1. The molecule has 3 rings (SSSR count). The van der Waals surface area contributed by atoms with Crippen molar-refractivity contribution >= 4 is 22.6 Å². The molecule has 1 fully saturated rings. The first kappa shape index (κ1) is 12.0. The second-order valence-electron chi connectivity index (χ2n) is 4.93. The molecule has 0 radical (unpaired) electrons. The van der Waals surface area contributed by atoms with Crippen LogP contribution in [-0.2, 0) is 0 Å². The predicted molar refractivity (Wildman–Crippen MR) is 74.8 cm³/mol. The molecule has 1 aromatic carbocycles. The van der Waals surface area contributed by atoms with Crippen LogP contribution in [0.3, 0.4) is 0 Å². The van der Waals surface area contributed by atoms with Crippen molar-refractivity contribution < 1.29 is 9.90 Å². The van der Waals surface area contributed by atoms with Crippen molar-refractivity contribution in [3.8, 4) is 0 Å². The summed E-state index contributed by atoms with van der Waals surface area (Å²) in [7, 11) is 0. The Bertz CT molecular complexity index is 619. The fourth-order valence-corrected chi connectivity index (χ4v) is 2.65. The summed E-state index contributed by atoms with van der Waals surface area (Å²) in [6, 6.07) is 7.65. The smallest absolute Gasteiger partial charge is 0.337 e. The van der Waals surface area contributed by atoms with E-state index in [1.54, 1.807) is 6.07 Å². The molecule has 4 heteroatoms. The van der Waals surface area contributed by atoms with Crippen molar-refractivity contribution in [3.63, 3.8) is 0 Å². The number of benzene rings is 1. The molecule has 1 saturated heterocycles. The summed E-state index contributed by atoms with van der Waals surface area (Å²) >= 11 is 0. The van der Waals surface area contributed by atoms with E-state index in [0.29, 0.717) is 0 Å². The maximum atomic E-state index is 11.0. The number of carbonyl (C=O) groups is 1. The number of aromatic carboxylic acids is 1. The molecule has 0 atom stereocenters. The summed E-state index contributed by atoms with van der Waals surface area (Å²) in [4.78, 5) is 17.7. The molecule has 0 bridgehead atoms. The molecule has 19 heavy (non-hydrogen) atoms. The summed E-state index contributed by atoms with van der Waals surface area (Å²) in [5, 5.41) is 9.90. The van der Waals surface area contributed by atoms with E-state index in [9.17, 15) is 4.79 Å². The monoisotopic (exact) mass is 256 g/mol. The fraction of sp³-hybridized carbons (Fsp3) is 0.333. The molecule has 1 N–H and O–H groups in total. The summed E-state index contributed by atoms with van der Waals surface area (Å²) in [6.07, 6.45) is 5.16. The largest absolute Gasteiger partial charge is 0.478 e. The molecule has 4 nitrogen and oxygen atoms in total. The van der Waals surface area contributed by atoms with Crippen molar-refractivity contribution in [1.82, 2.24) is 4.98 Å². The van der Waals surface area contributed by atoms with Gasteiger partial charge < -0.3 is 10.0 Å². The van der Waals surface area contributed by atoms with Gasteiger partial charge in [0.2, 0.25) is 0 Å². The summed E-state index contributed by atoms with van der Waals surface area (Å²) in [6.45, 7) is 2.11. The highest BCUT2D eigenvalue weighted by Gasteiger charge is 2.15. The van der Waals surface area contributed by atoms with Crippen molar-refractivity contribution in [2.75, 3.05) is 18.0 Å². The molecule has 1 aliphatic heterocycles. The minimum atomic E-state index is -0.933. The highest BCUT2D eigenvalue weighted by atomic mass is 16.4. The van der Waals surface area contributed by atoms with Crippen molar-refractivity contribution in [1.29, 1.82) is 0 Å². The number of nitrogens with zero attached hydrogens (tertiary/aromatic N) is 2. The SMILES string of the molecule is O=C(O)c1cnc2c(N3CCCCC3)cccc2c1. The van der Waals surface area contributed by atoms with Crippen LogP contribution >= 0.6 is 0 Å². The number of pyridine rings is 1. The summed E-state index contributed by atoms with van der Waals surface area (Å²) < 4.78 is 0. The second-order valence-corrected chi connectivity index (χ2v) is 4.93. The molecule has 0 aliphatic carbocycles. The standard InChI is InChI=1S/C15H16N2O2/c18-15(19)12-9-11-5-4-6-13(14(11)16-10-12)17-7-2-1-3-8-17/h4-6,9-10H,1-3,7-8H2,(H,18,19). The zero-order chi connectivity index (χ0) is 13.2. The van der Waals surface area contributed by atoms with Crippen LogP contribution in [-0.4, -0.2) is 29.1 Å². The van der Waals surface area contributed by atoms with E-state index in [-0.39, 0.29) is 5.56 Å². The number of carboxylic acid groups (broad SMARTS) is 1. The van der Waals surface area contributed by atoms with E-state index in [1.165, 1.54) is 25.5 Å². The van der Waals surface area contributed by atoms with Gasteiger partial charge in [0.25, 0.3) is 0 Å². The Morgan fingerprint density at radius 2 is 2.00 bits per heavy atom. The van der Waals surface area contributed by atoms with E-state index in [0.717, 1.165) is 29.7 Å². The van der Waals surface area contributed by atoms with Gasteiger partial charge in [-0.25, -0.2) is 4.79 Å². The zero-order valence-corrected chi connectivity index (χ0v) is 10.7. The number of piperidine rings is 1. The van der Waals surface area contributed by atoms with Crippen LogP contribution in [0.15, 0.2) is 30.5 Å². The van der Waals surface area contributed by atoms with Gasteiger partial charge in [0.1, 0.15) is 0 Å². The molecule has 1 aliphatic rings. The van der Waals surface area contributed by atoms with Gasteiger partial charge in [-0.3, -0.25) is 4.98 Å². The number of carboxylic acids is 1. The van der Waals surface area contributed by atoms with Gasteiger partial charge in [0, 0.05) is 24.7 Å². The first-order valence-corrected chi connectivity index (χ1v) is 6.63. The Hall–Kier alpha value is -2.10. The van der Waals surface area contributed by atoms with Crippen LogP contribution in [0.2, 0.25) is 0 Å². The molecule has 0 saturated carbocycles. The Morgan fingerprint density at radius 1 is 1.21 bits per heavy atom. The minimum Gasteiger partial charge on any atom is -0.478 e. The van der Waals surface area contributed by atoms with Gasteiger partial charge in [-0.05, 0) is 31.4 Å². The summed E-state index contributed by atoms with van der Waals surface area (Å²) in [5.74, 6) is -0.933. The van der Waals surface area contributed by atoms with E-state index < -0.39 is 5.97 Å². The molecule has 0 spiro atoms. The lowest BCUT2D eigenvalue weighted by molar-refractivity contribution is 0.0696. The Morgan fingerprint density at radius 3 is 2.74 bits per heavy atom. The molecule has 2 aromatic rings. The molecule has 98 valence electrons. The molecule has 0 unspecified atom stereocenters. The topological polar surface area (TPSA) is 53.4 Å². The van der Waals surface area contributed by atoms with Gasteiger partial charge in [-0.15, -0.1) is 0 Å². The van der Waals surface area contributed by atoms with Crippen LogP contribution < -0.4 is 4.90 Å². The average molecular weight is 256 g/mol. The summed E-state index contributed by atoms with van der Waals surface area (Å²) in [5.41, 5.74) is 2.26. The zero-order valence-electron chi connectivity index (χ0n) is 10.7. The van der Waals surface area contributed by atoms with Crippen molar-refractivity contribution in [2.45, 2.75) is 19.3 Å². The van der Waals surface area contributed by atoms with Gasteiger partial charge in [-0.1, -0.05) is 12.1 Å². The van der Waals surface area contributed by atoms with Crippen molar-refractivity contribution in [3.05, 3.63) is 36.0 Å². The fourth-order valence-electron chi connectivity index (χ4n) is 2.65. The number of fused-ring (bicyclic) bond motifs is 1. The lowest BCUT2D eigenvalue weighted by Crippen LogP contribution is -2.29. The van der Waals surface area contributed by atoms with E-state index >= 15 is 0 Å². The molecule has 0 amide bonds. The average Bonchev–Trinajstić information content (AvgIpc) is 2.47. The quantitative estimate of drug-likeness (QED) is 0.897. The second kappa shape index (κ2) is 4.88. The highest BCUT2D eigenvalue weighted by Crippen LogP contribution is 2.27. The van der Waals surface area contributed by atoms with E-state index in [1.807, 2.05) is 12.1 Å². The number of aromatic nitrogens is 1. The van der Waals surface area contributed by atoms with E-state index in [4.69, 9.17) is 5.11 Å². The van der Waals surface area contributed by atoms with Gasteiger partial charge >= 0.3 is 5.97 Å². The van der Waals surface area contributed by atoms with Crippen LogP contribution in [0.1, 0.15) is 29.6 Å². The molecular formula is C15H16N2O2. The van der Waals surface area contributed by atoms with Crippen LogP contribution in [0.5, 0.6) is 0 Å². The normalized spacial score (nSPS) is 15.7. The maximum Gasteiger partial charge on any atom is 0.337 e. The lowest BCUT2D eigenvalue weighted by atomic mass is 10.1. The highest BCUT2D eigenvalue weighted by molar-refractivity contribution is 5.96. The first-order valence-electron chi connectivity index (χ1n) is 6.63. The Labute approximate surface area is 111 Å². The van der Waals surface area contributed by atoms with Crippen LogP contribution in [0, 0.1) is 0 Å². The molecular weight excluding hydrogens is 240 g/mol. The molecule has 1 aromatic heterocycles. The maximum absolute atomic E-state index is 11.0. The van der Waals surface area contributed by atoms with Gasteiger partial charge in [0.15, 0.2) is 0 Å². The first-order chi connectivity index (χ1) is 9.25. The number of hydrogen-bond acceptors (Lipinski definition) is 3. The Kier molecular flexibility index (Phi) is 3.07. The predicted octanol–water partition coefficient (Wildman–Crippen LogP) is 2.92. The number of rotatable bonds is 2. The third-order valence-electron chi connectivity index (χ3n) is 3.63. The third-order valence-corrected chi connectivity index (χ3v) is 3.63. The Balaban J connectivity index is 2.07. The van der Waals surface area contributed by atoms with Crippen LogP contribution in [0.25, 0.3) is 10.9 Å². The van der Waals surface area contributed by atoms with Crippen molar-refractivity contribution in [2.24, 2.45) is 0 Å². The molecule has 2 heterocycles.